The van der Waals surface area contributed by atoms with Gasteiger partial charge in [-0.1, -0.05) is 6.07 Å². The van der Waals surface area contributed by atoms with Gasteiger partial charge in [-0.15, -0.1) is 0 Å². The molecular weight excluding hydrogens is 337 g/mol. The summed E-state index contributed by atoms with van der Waals surface area (Å²) in [6.45, 7) is 6.85. The molecular formula is C16H21BrFNO2. The van der Waals surface area contributed by atoms with Crippen LogP contribution in [0.1, 0.15) is 45.1 Å². The van der Waals surface area contributed by atoms with Crippen LogP contribution in [-0.2, 0) is 4.74 Å². The third-order valence-electron chi connectivity index (χ3n) is 3.49. The minimum Gasteiger partial charge on any atom is -0.444 e. The molecule has 1 fully saturated rings. The van der Waals surface area contributed by atoms with Crippen molar-refractivity contribution in [3.8, 4) is 0 Å². The van der Waals surface area contributed by atoms with Crippen molar-refractivity contribution in [1.82, 2.24) is 4.90 Å². The maximum absolute atomic E-state index is 13.7. The molecule has 0 aromatic heterocycles. The zero-order valence-electron chi connectivity index (χ0n) is 12.7. The van der Waals surface area contributed by atoms with E-state index in [1.807, 2.05) is 26.8 Å². The van der Waals surface area contributed by atoms with Gasteiger partial charge >= 0.3 is 6.09 Å². The predicted molar refractivity (Wildman–Crippen MR) is 83.9 cm³/mol. The van der Waals surface area contributed by atoms with Crippen LogP contribution >= 0.6 is 15.9 Å². The Morgan fingerprint density at radius 3 is 2.76 bits per heavy atom. The minimum absolute atomic E-state index is 0.161. The summed E-state index contributed by atoms with van der Waals surface area (Å²) >= 11 is 3.16. The van der Waals surface area contributed by atoms with E-state index in [2.05, 4.69) is 15.9 Å². The number of carbonyl (C=O) groups is 1. The van der Waals surface area contributed by atoms with Gasteiger partial charge in [-0.25, -0.2) is 9.18 Å². The second-order valence-electron chi connectivity index (χ2n) is 6.44. The Bertz CT molecular complexity index is 527. The third kappa shape index (κ3) is 4.43. The van der Waals surface area contributed by atoms with Crippen molar-refractivity contribution >= 4 is 22.0 Å². The number of rotatable bonds is 1. The summed E-state index contributed by atoms with van der Waals surface area (Å²) in [7, 11) is 0. The Balaban J connectivity index is 2.06. The van der Waals surface area contributed by atoms with Crippen molar-refractivity contribution in [3.63, 3.8) is 0 Å². The van der Waals surface area contributed by atoms with Gasteiger partial charge in [0.1, 0.15) is 11.4 Å². The second-order valence-corrected chi connectivity index (χ2v) is 7.29. The molecule has 1 atom stereocenters. The Morgan fingerprint density at radius 1 is 1.43 bits per heavy atom. The molecule has 0 radical (unpaired) electrons. The summed E-state index contributed by atoms with van der Waals surface area (Å²) in [4.78, 5) is 13.9. The van der Waals surface area contributed by atoms with Crippen LogP contribution in [0.25, 0.3) is 0 Å². The van der Waals surface area contributed by atoms with Crippen molar-refractivity contribution in [2.75, 3.05) is 13.1 Å². The Labute approximate surface area is 133 Å². The van der Waals surface area contributed by atoms with Gasteiger partial charge in [-0.2, -0.15) is 0 Å². The molecule has 21 heavy (non-hydrogen) atoms. The maximum atomic E-state index is 13.7. The van der Waals surface area contributed by atoms with Crippen LogP contribution in [0.2, 0.25) is 0 Å². The molecule has 1 saturated heterocycles. The topological polar surface area (TPSA) is 29.5 Å². The lowest BCUT2D eigenvalue weighted by molar-refractivity contribution is 0.0198. The monoisotopic (exact) mass is 357 g/mol. The summed E-state index contributed by atoms with van der Waals surface area (Å²) in [5.74, 6) is -0.101. The minimum atomic E-state index is -0.492. The first-order valence-corrected chi connectivity index (χ1v) is 7.98. The van der Waals surface area contributed by atoms with Crippen LogP contribution in [0.4, 0.5) is 9.18 Å². The third-order valence-corrected chi connectivity index (χ3v) is 4.13. The molecule has 0 saturated carbocycles. The van der Waals surface area contributed by atoms with Gasteiger partial charge in [0, 0.05) is 19.0 Å². The molecule has 1 aromatic rings. The van der Waals surface area contributed by atoms with Crippen molar-refractivity contribution in [2.24, 2.45) is 0 Å². The number of amides is 1. The highest BCUT2D eigenvalue weighted by molar-refractivity contribution is 9.10. The van der Waals surface area contributed by atoms with E-state index >= 15 is 0 Å². The van der Waals surface area contributed by atoms with Crippen molar-refractivity contribution in [3.05, 3.63) is 34.1 Å². The van der Waals surface area contributed by atoms with Gasteiger partial charge in [-0.3, -0.25) is 0 Å². The fourth-order valence-corrected chi connectivity index (χ4v) is 2.75. The van der Waals surface area contributed by atoms with Gasteiger partial charge < -0.3 is 9.64 Å². The van der Waals surface area contributed by atoms with Crippen molar-refractivity contribution in [2.45, 2.75) is 45.1 Å². The van der Waals surface area contributed by atoms with E-state index in [1.54, 1.807) is 17.0 Å². The average Bonchev–Trinajstić information content (AvgIpc) is 2.40. The van der Waals surface area contributed by atoms with E-state index < -0.39 is 5.60 Å². The second kappa shape index (κ2) is 6.34. The fraction of sp³-hybridized carbons (Fsp3) is 0.562. The number of hydrogen-bond acceptors (Lipinski definition) is 2. The zero-order chi connectivity index (χ0) is 15.6. The van der Waals surface area contributed by atoms with E-state index in [0.717, 1.165) is 18.4 Å². The number of carbonyl (C=O) groups excluding carboxylic acids is 1. The summed E-state index contributed by atoms with van der Waals surface area (Å²) < 4.78 is 19.5. The smallest absolute Gasteiger partial charge is 0.410 e. The van der Waals surface area contributed by atoms with Gasteiger partial charge in [0.15, 0.2) is 0 Å². The summed E-state index contributed by atoms with van der Waals surface area (Å²) in [5.41, 5.74) is 0.442. The number of ether oxygens (including phenoxy) is 1. The van der Waals surface area contributed by atoms with Gasteiger partial charge in [-0.05, 0) is 67.2 Å². The number of hydrogen-bond donors (Lipinski definition) is 0. The average molecular weight is 358 g/mol. The molecule has 1 aromatic carbocycles. The van der Waals surface area contributed by atoms with E-state index in [9.17, 15) is 9.18 Å². The Hall–Kier alpha value is -1.10. The van der Waals surface area contributed by atoms with Crippen LogP contribution in [-0.4, -0.2) is 29.7 Å². The lowest BCUT2D eigenvalue weighted by Crippen LogP contribution is -2.42. The largest absolute Gasteiger partial charge is 0.444 e. The number of benzene rings is 1. The standard InChI is InChI=1S/C16H21BrFNO2/c1-16(2,3)21-15(20)19-8-4-5-12(10-19)11-6-7-13(17)14(18)9-11/h6-7,9,12H,4-5,8,10H2,1-3H3. The lowest BCUT2D eigenvalue weighted by Gasteiger charge is -2.34. The van der Waals surface area contributed by atoms with Crippen molar-refractivity contribution in [1.29, 1.82) is 0 Å². The molecule has 2 rings (SSSR count). The molecule has 1 amide bonds. The fourth-order valence-electron chi connectivity index (χ4n) is 2.51. The van der Waals surface area contributed by atoms with Crippen molar-refractivity contribution < 1.29 is 13.9 Å². The van der Waals surface area contributed by atoms with Crippen LogP contribution in [0.5, 0.6) is 0 Å². The predicted octanol–water partition coefficient (Wildman–Crippen LogP) is 4.70. The first-order chi connectivity index (χ1) is 9.76. The highest BCUT2D eigenvalue weighted by Gasteiger charge is 2.28. The normalized spacial score (nSPS) is 19.5. The molecule has 1 aliphatic rings. The molecule has 0 aliphatic carbocycles. The highest BCUT2D eigenvalue weighted by atomic mass is 79.9. The molecule has 1 heterocycles. The summed E-state index contributed by atoms with van der Waals surface area (Å²) in [6, 6.07) is 5.18. The van der Waals surface area contributed by atoms with Gasteiger partial charge in [0.25, 0.3) is 0 Å². The zero-order valence-corrected chi connectivity index (χ0v) is 14.2. The Kier molecular flexibility index (Phi) is 4.91. The Morgan fingerprint density at radius 2 is 2.14 bits per heavy atom. The molecule has 1 unspecified atom stereocenters. The summed E-state index contributed by atoms with van der Waals surface area (Å²) in [5, 5.41) is 0. The first-order valence-electron chi connectivity index (χ1n) is 7.19. The maximum Gasteiger partial charge on any atom is 0.410 e. The first kappa shape index (κ1) is 16.3. The van der Waals surface area contributed by atoms with Gasteiger partial charge in [0.05, 0.1) is 4.47 Å². The molecule has 1 aliphatic heterocycles. The number of likely N-dealkylation sites (tertiary alicyclic amines) is 1. The lowest BCUT2D eigenvalue weighted by atomic mass is 9.91. The summed E-state index contributed by atoms with van der Waals surface area (Å²) in [6.07, 6.45) is 1.58. The van der Waals surface area contributed by atoms with Crippen LogP contribution in [0, 0.1) is 5.82 Å². The number of halogens is 2. The van der Waals surface area contributed by atoms with Gasteiger partial charge in [0.2, 0.25) is 0 Å². The van der Waals surface area contributed by atoms with E-state index in [1.165, 1.54) is 0 Å². The van der Waals surface area contributed by atoms with Crippen LogP contribution < -0.4 is 0 Å². The van der Waals surface area contributed by atoms with Crippen LogP contribution in [0.3, 0.4) is 0 Å². The molecule has 0 spiro atoms. The highest BCUT2D eigenvalue weighted by Crippen LogP contribution is 2.29. The molecule has 0 bridgehead atoms. The molecule has 0 N–H and O–H groups in total. The molecule has 116 valence electrons. The SMILES string of the molecule is CC(C)(C)OC(=O)N1CCCC(c2ccc(Br)c(F)c2)C1. The van der Waals surface area contributed by atoms with Crippen LogP contribution in [0.15, 0.2) is 22.7 Å². The van der Waals surface area contributed by atoms with E-state index in [4.69, 9.17) is 4.74 Å². The molecule has 3 nitrogen and oxygen atoms in total. The van der Waals surface area contributed by atoms with E-state index in [-0.39, 0.29) is 17.8 Å². The number of piperidine rings is 1. The quantitative estimate of drug-likeness (QED) is 0.728. The molecule has 5 heteroatoms. The van der Waals surface area contributed by atoms with E-state index in [0.29, 0.717) is 17.6 Å². The number of nitrogens with zero attached hydrogens (tertiary/aromatic N) is 1.